The molecule has 0 fully saturated rings. The summed E-state index contributed by atoms with van der Waals surface area (Å²) in [6.45, 7) is 6.15. The van der Waals surface area contributed by atoms with Gasteiger partial charge in [-0.05, 0) is 36.6 Å². The van der Waals surface area contributed by atoms with Crippen LogP contribution in [0.5, 0.6) is 0 Å². The minimum absolute atomic E-state index is 0.0225. The molecule has 0 saturated carbocycles. The highest BCUT2D eigenvalue weighted by Crippen LogP contribution is 2.27. The Balaban J connectivity index is 1.73. The Morgan fingerprint density at radius 1 is 1.04 bits per heavy atom. The topological polar surface area (TPSA) is 46.9 Å². The minimum atomic E-state index is -0.264. The largest absolute Gasteiger partial charge is 0.325 e. The number of benzene rings is 2. The number of nitrogens with one attached hydrogen (secondary N) is 1. The smallest absolute Gasteiger partial charge is 0.237 e. The molecule has 1 N–H and O–H groups in total. The van der Waals surface area contributed by atoms with Crippen LogP contribution in [0.3, 0.4) is 0 Å². The maximum Gasteiger partial charge on any atom is 0.237 e. The molecule has 0 bridgehead atoms. The fourth-order valence-corrected chi connectivity index (χ4v) is 3.61. The summed E-state index contributed by atoms with van der Waals surface area (Å²) in [5.41, 5.74) is 3.06. The summed E-state index contributed by atoms with van der Waals surface area (Å²) in [5.74, 6) is 0.331. The van der Waals surface area contributed by atoms with E-state index in [0.717, 1.165) is 22.1 Å². The van der Waals surface area contributed by atoms with Crippen molar-refractivity contribution < 1.29 is 4.79 Å². The third kappa shape index (κ3) is 4.17. The summed E-state index contributed by atoms with van der Waals surface area (Å²) in [5, 5.41) is 3.60. The van der Waals surface area contributed by atoms with Crippen LogP contribution in [0.25, 0.3) is 5.69 Å². The van der Waals surface area contributed by atoms with Gasteiger partial charge in [0.2, 0.25) is 5.91 Å². The molecule has 0 aliphatic carbocycles. The lowest BCUT2D eigenvalue weighted by Crippen LogP contribution is -2.23. The number of aromatic nitrogens is 2. The highest BCUT2D eigenvalue weighted by Gasteiger charge is 2.19. The molecule has 3 rings (SSSR count). The van der Waals surface area contributed by atoms with Crippen LogP contribution in [0.4, 0.5) is 5.69 Å². The van der Waals surface area contributed by atoms with Crippen LogP contribution >= 0.6 is 11.8 Å². The number of anilines is 1. The van der Waals surface area contributed by atoms with Gasteiger partial charge < -0.3 is 5.32 Å². The number of thioether (sulfide) groups is 1. The summed E-state index contributed by atoms with van der Waals surface area (Å²) >= 11 is 1.45. The molecule has 0 unspecified atom stereocenters. The number of imidazole rings is 1. The van der Waals surface area contributed by atoms with Crippen molar-refractivity contribution in [3.63, 3.8) is 0 Å². The molecular weight excluding hydrogens is 342 g/mol. The Morgan fingerprint density at radius 2 is 1.73 bits per heavy atom. The molecule has 4 nitrogen and oxygen atoms in total. The monoisotopic (exact) mass is 365 g/mol. The van der Waals surface area contributed by atoms with E-state index in [1.54, 1.807) is 6.20 Å². The van der Waals surface area contributed by atoms with Gasteiger partial charge in [-0.15, -0.1) is 0 Å². The normalized spacial score (nSPS) is 12.2. The minimum Gasteiger partial charge on any atom is -0.325 e. The Kier molecular flexibility index (Phi) is 5.78. The number of para-hydroxylation sites is 2. The first-order chi connectivity index (χ1) is 12.6. The van der Waals surface area contributed by atoms with Crippen LogP contribution in [0.2, 0.25) is 0 Å². The molecule has 1 amide bonds. The molecule has 0 radical (unpaired) electrons. The highest BCUT2D eigenvalue weighted by molar-refractivity contribution is 8.00. The van der Waals surface area contributed by atoms with Gasteiger partial charge in [0.1, 0.15) is 0 Å². The Morgan fingerprint density at radius 3 is 2.46 bits per heavy atom. The van der Waals surface area contributed by atoms with Gasteiger partial charge in [-0.25, -0.2) is 4.98 Å². The lowest BCUT2D eigenvalue weighted by molar-refractivity contribution is -0.115. The number of hydrogen-bond donors (Lipinski definition) is 1. The SMILES string of the molecule is CC(C)c1ccccc1NC(=O)[C@H](C)Sc1nccn1-c1ccccc1. The average molecular weight is 366 g/mol. The van der Waals surface area contributed by atoms with Crippen LogP contribution in [-0.2, 0) is 4.79 Å². The van der Waals surface area contributed by atoms with E-state index in [2.05, 4.69) is 30.2 Å². The number of carbonyl (C=O) groups is 1. The second-order valence-electron chi connectivity index (χ2n) is 6.41. The van der Waals surface area contributed by atoms with E-state index in [9.17, 15) is 4.79 Å². The van der Waals surface area contributed by atoms with Crippen LogP contribution < -0.4 is 5.32 Å². The molecule has 0 spiro atoms. The summed E-state index contributed by atoms with van der Waals surface area (Å²) in [7, 11) is 0. The molecule has 134 valence electrons. The number of rotatable bonds is 6. The predicted octanol–water partition coefficient (Wildman–Crippen LogP) is 5.12. The Labute approximate surface area is 158 Å². The third-order valence-corrected chi connectivity index (χ3v) is 5.21. The Bertz CT molecular complexity index is 874. The molecule has 26 heavy (non-hydrogen) atoms. The summed E-state index contributed by atoms with van der Waals surface area (Å²) in [6, 6.07) is 18.0. The first kappa shape index (κ1) is 18.3. The highest BCUT2D eigenvalue weighted by atomic mass is 32.2. The second kappa shape index (κ2) is 8.23. The van der Waals surface area contributed by atoms with Crippen molar-refractivity contribution in [2.24, 2.45) is 0 Å². The summed E-state index contributed by atoms with van der Waals surface area (Å²) < 4.78 is 2.00. The van der Waals surface area contributed by atoms with E-state index in [4.69, 9.17) is 0 Å². The van der Waals surface area contributed by atoms with Gasteiger partial charge in [0.05, 0.1) is 5.25 Å². The van der Waals surface area contributed by atoms with Gasteiger partial charge >= 0.3 is 0 Å². The fraction of sp³-hybridized carbons (Fsp3) is 0.238. The van der Waals surface area contributed by atoms with Crippen LogP contribution in [0.15, 0.2) is 72.1 Å². The van der Waals surface area contributed by atoms with Gasteiger partial charge in [0, 0.05) is 23.8 Å². The molecule has 5 heteroatoms. The average Bonchev–Trinajstić information content (AvgIpc) is 3.10. The zero-order valence-electron chi connectivity index (χ0n) is 15.2. The van der Waals surface area contributed by atoms with Gasteiger partial charge in [0.15, 0.2) is 5.16 Å². The van der Waals surface area contributed by atoms with Crippen molar-refractivity contribution in [1.29, 1.82) is 0 Å². The standard InChI is InChI=1S/C21H23N3OS/c1-15(2)18-11-7-8-12-19(18)23-20(25)16(3)26-21-22-13-14-24(21)17-9-5-4-6-10-17/h4-16H,1-3H3,(H,23,25)/t16-/m0/s1. The first-order valence-corrected chi connectivity index (χ1v) is 9.59. The van der Waals surface area contributed by atoms with Gasteiger partial charge in [0.25, 0.3) is 0 Å². The molecule has 3 aromatic rings. The van der Waals surface area contributed by atoms with Crippen molar-refractivity contribution in [1.82, 2.24) is 9.55 Å². The number of nitrogens with zero attached hydrogens (tertiary/aromatic N) is 2. The molecular formula is C21H23N3OS. The fourth-order valence-electron chi connectivity index (χ4n) is 2.72. The van der Waals surface area contributed by atoms with Crippen LogP contribution in [-0.4, -0.2) is 20.7 Å². The molecule has 2 aromatic carbocycles. The van der Waals surface area contributed by atoms with Crippen molar-refractivity contribution in [2.45, 2.75) is 37.1 Å². The zero-order chi connectivity index (χ0) is 18.5. The quantitative estimate of drug-likeness (QED) is 0.617. The van der Waals surface area contributed by atoms with E-state index in [1.807, 2.05) is 66.2 Å². The first-order valence-electron chi connectivity index (χ1n) is 8.71. The van der Waals surface area contributed by atoms with Crippen molar-refractivity contribution in [2.75, 3.05) is 5.32 Å². The van der Waals surface area contributed by atoms with Gasteiger partial charge in [-0.2, -0.15) is 0 Å². The van der Waals surface area contributed by atoms with E-state index in [1.165, 1.54) is 11.8 Å². The van der Waals surface area contributed by atoms with Gasteiger partial charge in [-0.1, -0.05) is 62.0 Å². The number of carbonyl (C=O) groups excluding carboxylic acids is 1. The van der Waals surface area contributed by atoms with E-state index in [0.29, 0.717) is 5.92 Å². The maximum absolute atomic E-state index is 12.7. The zero-order valence-corrected chi connectivity index (χ0v) is 16.0. The van der Waals surface area contributed by atoms with Crippen LogP contribution in [0, 0.1) is 0 Å². The summed E-state index contributed by atoms with van der Waals surface area (Å²) in [4.78, 5) is 17.1. The molecule has 1 heterocycles. The van der Waals surface area contributed by atoms with Gasteiger partial charge in [-0.3, -0.25) is 9.36 Å². The Hall–Kier alpha value is -2.53. The maximum atomic E-state index is 12.7. The molecule has 0 aliphatic rings. The molecule has 1 atom stereocenters. The predicted molar refractivity (Wildman–Crippen MR) is 108 cm³/mol. The van der Waals surface area contributed by atoms with E-state index < -0.39 is 0 Å². The van der Waals surface area contributed by atoms with Crippen molar-refractivity contribution in [3.8, 4) is 5.69 Å². The lowest BCUT2D eigenvalue weighted by Gasteiger charge is -2.16. The lowest BCUT2D eigenvalue weighted by atomic mass is 10.0. The molecule has 0 saturated heterocycles. The third-order valence-electron chi connectivity index (χ3n) is 4.13. The number of hydrogen-bond acceptors (Lipinski definition) is 3. The van der Waals surface area contributed by atoms with Crippen LogP contribution in [0.1, 0.15) is 32.3 Å². The molecule has 1 aromatic heterocycles. The van der Waals surface area contributed by atoms with E-state index in [-0.39, 0.29) is 11.2 Å². The number of amides is 1. The second-order valence-corrected chi connectivity index (χ2v) is 7.71. The summed E-state index contributed by atoms with van der Waals surface area (Å²) in [6.07, 6.45) is 3.67. The van der Waals surface area contributed by atoms with Crippen molar-refractivity contribution >= 4 is 23.4 Å². The van der Waals surface area contributed by atoms with E-state index >= 15 is 0 Å². The van der Waals surface area contributed by atoms with Crippen molar-refractivity contribution in [3.05, 3.63) is 72.6 Å². The molecule has 0 aliphatic heterocycles.